The molecule has 0 bridgehead atoms. The summed E-state index contributed by atoms with van der Waals surface area (Å²) in [4.78, 5) is 14.2. The van der Waals surface area contributed by atoms with Crippen LogP contribution in [-0.2, 0) is 9.47 Å². The summed E-state index contributed by atoms with van der Waals surface area (Å²) in [5, 5.41) is 2.89. The molecule has 1 N–H and O–H groups in total. The highest BCUT2D eigenvalue weighted by Crippen LogP contribution is 2.30. The van der Waals surface area contributed by atoms with E-state index in [1.54, 1.807) is 13.4 Å². The van der Waals surface area contributed by atoms with Crippen molar-refractivity contribution in [3.05, 3.63) is 12.3 Å². The standard InChI is InChI=1S/C17H32N2O3/c1-16(2,3)19-12-13(10-14(19)8-9-21-7)11-18-15(20)22-17(4,5)6/h8-9,13-14H,10-12H2,1-7H3,(H,18,20)/b9-8+/t13-,14+/m1/s1. The molecule has 0 aliphatic carbocycles. The number of hydrogen-bond acceptors (Lipinski definition) is 4. The van der Waals surface area contributed by atoms with E-state index in [0.717, 1.165) is 13.0 Å². The van der Waals surface area contributed by atoms with Crippen molar-refractivity contribution in [3.63, 3.8) is 0 Å². The molecule has 1 rings (SSSR count). The highest BCUT2D eigenvalue weighted by atomic mass is 16.6. The van der Waals surface area contributed by atoms with Gasteiger partial charge in [-0.05, 0) is 60.0 Å². The van der Waals surface area contributed by atoms with Gasteiger partial charge in [0.1, 0.15) is 5.60 Å². The number of nitrogens with one attached hydrogen (secondary N) is 1. The van der Waals surface area contributed by atoms with Crippen LogP contribution in [0.4, 0.5) is 4.79 Å². The van der Waals surface area contributed by atoms with Crippen LogP contribution in [0.25, 0.3) is 0 Å². The fourth-order valence-corrected chi connectivity index (χ4v) is 2.77. The van der Waals surface area contributed by atoms with Gasteiger partial charge in [0.05, 0.1) is 13.4 Å². The topological polar surface area (TPSA) is 50.8 Å². The van der Waals surface area contributed by atoms with Gasteiger partial charge >= 0.3 is 6.09 Å². The Bertz CT molecular complexity index is 394. The van der Waals surface area contributed by atoms with E-state index in [0.29, 0.717) is 18.5 Å². The van der Waals surface area contributed by atoms with Crippen LogP contribution in [-0.4, -0.2) is 48.4 Å². The fourth-order valence-electron chi connectivity index (χ4n) is 2.77. The maximum Gasteiger partial charge on any atom is 0.407 e. The number of likely N-dealkylation sites (tertiary alicyclic amines) is 1. The molecule has 128 valence electrons. The molecule has 5 nitrogen and oxygen atoms in total. The van der Waals surface area contributed by atoms with Gasteiger partial charge < -0.3 is 14.8 Å². The van der Waals surface area contributed by atoms with Crippen LogP contribution in [0.15, 0.2) is 12.3 Å². The zero-order valence-electron chi connectivity index (χ0n) is 15.1. The second-order valence-electron chi connectivity index (χ2n) is 7.94. The van der Waals surface area contributed by atoms with Crippen LogP contribution in [0, 0.1) is 5.92 Å². The molecule has 0 aromatic heterocycles. The van der Waals surface area contributed by atoms with Crippen molar-refractivity contribution < 1.29 is 14.3 Å². The van der Waals surface area contributed by atoms with E-state index in [2.05, 4.69) is 37.1 Å². The van der Waals surface area contributed by atoms with E-state index in [1.165, 1.54) is 0 Å². The lowest BCUT2D eigenvalue weighted by atomic mass is 10.0. The molecule has 1 aliphatic heterocycles. The molecule has 0 saturated carbocycles. The van der Waals surface area contributed by atoms with E-state index in [4.69, 9.17) is 9.47 Å². The van der Waals surface area contributed by atoms with Gasteiger partial charge in [0, 0.05) is 24.7 Å². The van der Waals surface area contributed by atoms with Crippen molar-refractivity contribution in [1.29, 1.82) is 0 Å². The molecule has 1 heterocycles. The third-order valence-corrected chi connectivity index (χ3v) is 3.66. The first-order valence-electron chi connectivity index (χ1n) is 7.96. The first-order valence-corrected chi connectivity index (χ1v) is 7.96. The molecular formula is C17H32N2O3. The number of alkyl carbamates (subject to hydrolysis) is 1. The number of methoxy groups -OCH3 is 1. The Kier molecular flexibility index (Phi) is 6.29. The molecule has 0 aromatic carbocycles. The Morgan fingerprint density at radius 3 is 2.41 bits per heavy atom. The Labute approximate surface area is 135 Å². The second-order valence-corrected chi connectivity index (χ2v) is 7.94. The van der Waals surface area contributed by atoms with Gasteiger partial charge in [0.25, 0.3) is 0 Å². The second kappa shape index (κ2) is 7.36. The monoisotopic (exact) mass is 312 g/mol. The lowest BCUT2D eigenvalue weighted by Crippen LogP contribution is -2.44. The molecule has 0 spiro atoms. The van der Waals surface area contributed by atoms with Crippen LogP contribution in [0.3, 0.4) is 0 Å². The van der Waals surface area contributed by atoms with Crippen molar-refractivity contribution in [2.75, 3.05) is 20.2 Å². The van der Waals surface area contributed by atoms with Crippen molar-refractivity contribution in [2.45, 2.75) is 65.1 Å². The van der Waals surface area contributed by atoms with E-state index in [1.807, 2.05) is 20.8 Å². The zero-order chi connectivity index (χ0) is 17.0. The number of carbonyl (C=O) groups excluding carboxylic acids is 1. The molecule has 1 fully saturated rings. The molecule has 1 saturated heterocycles. The minimum atomic E-state index is -0.457. The van der Waals surface area contributed by atoms with E-state index in [9.17, 15) is 4.79 Å². The lowest BCUT2D eigenvalue weighted by molar-refractivity contribution is 0.0518. The van der Waals surface area contributed by atoms with Gasteiger partial charge in [-0.3, -0.25) is 4.90 Å². The van der Waals surface area contributed by atoms with Crippen molar-refractivity contribution in [2.24, 2.45) is 5.92 Å². The average molecular weight is 312 g/mol. The Balaban J connectivity index is 2.56. The highest BCUT2D eigenvalue weighted by Gasteiger charge is 2.37. The highest BCUT2D eigenvalue weighted by molar-refractivity contribution is 5.67. The Morgan fingerprint density at radius 1 is 1.27 bits per heavy atom. The summed E-state index contributed by atoms with van der Waals surface area (Å²) < 4.78 is 10.3. The molecule has 2 atom stereocenters. The number of carbonyl (C=O) groups is 1. The molecule has 0 radical (unpaired) electrons. The van der Waals surface area contributed by atoms with Gasteiger partial charge in [-0.1, -0.05) is 0 Å². The number of hydrogen-bond donors (Lipinski definition) is 1. The largest absolute Gasteiger partial charge is 0.505 e. The first-order chi connectivity index (χ1) is 10.0. The maximum absolute atomic E-state index is 11.8. The third kappa shape index (κ3) is 6.26. The average Bonchev–Trinajstić information content (AvgIpc) is 2.75. The summed E-state index contributed by atoms with van der Waals surface area (Å²) in [6.07, 6.45) is 4.50. The molecule has 1 amide bonds. The quantitative estimate of drug-likeness (QED) is 0.810. The number of rotatable bonds is 4. The van der Waals surface area contributed by atoms with E-state index >= 15 is 0 Å². The van der Waals surface area contributed by atoms with Gasteiger partial charge in [0.15, 0.2) is 0 Å². The summed E-state index contributed by atoms with van der Waals surface area (Å²) >= 11 is 0. The Hall–Kier alpha value is -1.23. The summed E-state index contributed by atoms with van der Waals surface area (Å²) in [6.45, 7) is 13.8. The van der Waals surface area contributed by atoms with Gasteiger partial charge in [-0.15, -0.1) is 0 Å². The summed E-state index contributed by atoms with van der Waals surface area (Å²) in [5.41, 5.74) is -0.371. The predicted octanol–water partition coefficient (Wildman–Crippen LogP) is 3.16. The smallest absolute Gasteiger partial charge is 0.407 e. The van der Waals surface area contributed by atoms with Crippen LogP contribution >= 0.6 is 0 Å². The van der Waals surface area contributed by atoms with Crippen LogP contribution in [0.5, 0.6) is 0 Å². The minimum Gasteiger partial charge on any atom is -0.505 e. The molecule has 0 aromatic rings. The van der Waals surface area contributed by atoms with Crippen molar-refractivity contribution in [1.82, 2.24) is 10.2 Å². The minimum absolute atomic E-state index is 0.0867. The van der Waals surface area contributed by atoms with E-state index < -0.39 is 5.60 Å². The summed E-state index contributed by atoms with van der Waals surface area (Å²) in [5.74, 6) is 0.415. The van der Waals surface area contributed by atoms with Crippen LogP contribution in [0.1, 0.15) is 48.0 Å². The van der Waals surface area contributed by atoms with E-state index in [-0.39, 0.29) is 11.6 Å². The molecule has 1 aliphatic rings. The summed E-state index contributed by atoms with van der Waals surface area (Å²) in [7, 11) is 1.66. The number of nitrogens with zero attached hydrogens (tertiary/aromatic N) is 1. The molecular weight excluding hydrogens is 280 g/mol. The van der Waals surface area contributed by atoms with Gasteiger partial charge in [-0.2, -0.15) is 0 Å². The first kappa shape index (κ1) is 18.8. The third-order valence-electron chi connectivity index (χ3n) is 3.66. The normalized spacial score (nSPS) is 23.8. The Morgan fingerprint density at radius 2 is 1.91 bits per heavy atom. The maximum atomic E-state index is 11.8. The van der Waals surface area contributed by atoms with Gasteiger partial charge in [0.2, 0.25) is 0 Å². The SMILES string of the molecule is CO/C=C/[C@H]1C[C@H](CNC(=O)OC(C)(C)C)CN1C(C)(C)C. The molecule has 5 heteroatoms. The lowest BCUT2D eigenvalue weighted by Gasteiger charge is -2.35. The van der Waals surface area contributed by atoms with Crippen LogP contribution in [0.2, 0.25) is 0 Å². The molecule has 22 heavy (non-hydrogen) atoms. The fraction of sp³-hybridized carbons (Fsp3) is 0.824. The van der Waals surface area contributed by atoms with Crippen molar-refractivity contribution in [3.8, 4) is 0 Å². The number of amides is 1. The molecule has 0 unspecified atom stereocenters. The van der Waals surface area contributed by atoms with Crippen molar-refractivity contribution >= 4 is 6.09 Å². The zero-order valence-corrected chi connectivity index (χ0v) is 15.1. The predicted molar refractivity (Wildman–Crippen MR) is 88.7 cm³/mol. The number of ether oxygens (including phenoxy) is 2. The summed E-state index contributed by atoms with van der Waals surface area (Å²) in [6, 6.07) is 0.338. The van der Waals surface area contributed by atoms with Gasteiger partial charge in [-0.25, -0.2) is 4.79 Å². The van der Waals surface area contributed by atoms with Crippen LogP contribution < -0.4 is 5.32 Å².